The lowest BCUT2D eigenvalue weighted by molar-refractivity contribution is -0.249. The summed E-state index contributed by atoms with van der Waals surface area (Å²) < 4.78 is 17.4. The van der Waals surface area contributed by atoms with Gasteiger partial charge in [-0.2, -0.15) is 0 Å². The number of ketones is 3. The molecule has 2 aliphatic carbocycles. The molecule has 1 saturated heterocycles. The summed E-state index contributed by atoms with van der Waals surface area (Å²) in [4.78, 5) is 52.4. The molecule has 13 heteroatoms. The van der Waals surface area contributed by atoms with Crippen molar-refractivity contribution in [3.8, 4) is 17.2 Å². The third kappa shape index (κ3) is 5.24. The van der Waals surface area contributed by atoms with E-state index in [-0.39, 0.29) is 53.2 Å². The molecule has 0 spiro atoms. The average Bonchev–Trinajstić information content (AvgIpc) is 2.98. The van der Waals surface area contributed by atoms with Crippen LogP contribution in [0.3, 0.4) is 0 Å². The number of aromatic hydroxyl groups is 2. The number of hydrogen-bond donors (Lipinski definition) is 6. The van der Waals surface area contributed by atoms with E-state index in [1.807, 2.05) is 0 Å². The minimum atomic E-state index is -2.06. The van der Waals surface area contributed by atoms with Crippen LogP contribution in [0.5, 0.6) is 17.2 Å². The summed E-state index contributed by atoms with van der Waals surface area (Å²) in [7, 11) is 1.33. The Morgan fingerprint density at radius 3 is 2.50 bits per heavy atom. The van der Waals surface area contributed by atoms with Crippen LogP contribution in [0.25, 0.3) is 0 Å². The molecule has 1 heterocycles. The first-order valence-corrected chi connectivity index (χ1v) is 14.4. The second kappa shape index (κ2) is 11.9. The van der Waals surface area contributed by atoms with Crippen LogP contribution in [0.1, 0.15) is 88.6 Å². The first kappa shape index (κ1) is 31.5. The molecule has 6 atom stereocenters. The Morgan fingerprint density at radius 2 is 1.84 bits per heavy atom. The molecule has 1 aliphatic heterocycles. The minimum absolute atomic E-state index is 0.0374. The standard InChI is InChI=1S/C31H36N2O11/c1-13-26(36)17(33-20(35)8-5-9-32)10-21(43-13)44-19-12-31(41,14(2)34)11-16-23(19)30(40)25-24(28(16)38)27(37)15-6-4-7-18(42-3)22(15)29(25)39/h4,6-7,13,17,19,21,26,36,38,40-41H,5,8-12,32H2,1-3H3,(H,33,35). The molecule has 44 heavy (non-hydrogen) atoms. The number of phenols is 2. The summed E-state index contributed by atoms with van der Waals surface area (Å²) in [6, 6.07) is 3.62. The van der Waals surface area contributed by atoms with Crippen molar-refractivity contribution in [1.82, 2.24) is 5.32 Å². The number of ether oxygens (including phenoxy) is 3. The van der Waals surface area contributed by atoms with Crippen LogP contribution in [0.2, 0.25) is 0 Å². The Balaban J connectivity index is 1.57. The SMILES string of the molecule is COc1cccc2c1C(=O)c1c(O)c3c(c(O)c1C2=O)CC(O)(C(C)=O)CC3OC1CC(NC(=O)CCCN)C(O)C(C)O1. The summed E-state index contributed by atoms with van der Waals surface area (Å²) in [6.07, 6.45) is -4.59. The Bertz CT molecular complexity index is 1540. The van der Waals surface area contributed by atoms with Crippen LogP contribution in [-0.2, 0) is 25.5 Å². The second-order valence-electron chi connectivity index (χ2n) is 11.5. The molecule has 3 aliphatic rings. The summed E-state index contributed by atoms with van der Waals surface area (Å²) in [5.74, 6) is -3.69. The van der Waals surface area contributed by atoms with Gasteiger partial charge in [0, 0.05) is 42.4 Å². The smallest absolute Gasteiger partial charge is 0.220 e. The summed E-state index contributed by atoms with van der Waals surface area (Å²) in [5.41, 5.74) is 2.19. The molecule has 13 nitrogen and oxygen atoms in total. The Morgan fingerprint density at radius 1 is 1.14 bits per heavy atom. The molecule has 1 fully saturated rings. The van der Waals surface area contributed by atoms with Gasteiger partial charge in [-0.05, 0) is 32.9 Å². The van der Waals surface area contributed by atoms with E-state index in [9.17, 15) is 39.6 Å². The fourth-order valence-electron chi connectivity index (χ4n) is 6.31. The number of methoxy groups -OCH3 is 1. The molecule has 5 rings (SSSR count). The molecule has 0 bridgehead atoms. The van der Waals surface area contributed by atoms with E-state index < -0.39 is 82.6 Å². The number of Topliss-reactive ketones (excluding diaryl/α,β-unsaturated/α-hetero) is 1. The lowest BCUT2D eigenvalue weighted by Crippen LogP contribution is -2.55. The second-order valence-corrected chi connectivity index (χ2v) is 11.5. The van der Waals surface area contributed by atoms with Gasteiger partial charge in [0.05, 0.1) is 42.0 Å². The van der Waals surface area contributed by atoms with Crippen molar-refractivity contribution >= 4 is 23.3 Å². The zero-order chi connectivity index (χ0) is 32.1. The summed E-state index contributed by atoms with van der Waals surface area (Å²) in [6.45, 7) is 3.06. The molecule has 7 N–H and O–H groups in total. The number of fused-ring (bicyclic) bond motifs is 3. The van der Waals surface area contributed by atoms with E-state index in [1.54, 1.807) is 6.92 Å². The van der Waals surface area contributed by atoms with E-state index in [0.29, 0.717) is 13.0 Å². The number of hydrogen-bond acceptors (Lipinski definition) is 12. The topological polar surface area (TPSA) is 215 Å². The van der Waals surface area contributed by atoms with Gasteiger partial charge in [-0.1, -0.05) is 12.1 Å². The monoisotopic (exact) mass is 612 g/mol. The number of rotatable bonds is 8. The van der Waals surface area contributed by atoms with Gasteiger partial charge in [-0.25, -0.2) is 0 Å². The third-order valence-electron chi connectivity index (χ3n) is 8.71. The van der Waals surface area contributed by atoms with Crippen LogP contribution >= 0.6 is 0 Å². The van der Waals surface area contributed by atoms with Gasteiger partial charge in [-0.15, -0.1) is 0 Å². The lowest BCUT2D eigenvalue weighted by atomic mass is 9.72. The zero-order valence-electron chi connectivity index (χ0n) is 24.6. The number of aliphatic hydroxyl groups is 2. The summed E-state index contributed by atoms with van der Waals surface area (Å²) in [5, 5.41) is 47.9. The predicted octanol–water partition coefficient (Wildman–Crippen LogP) is 0.925. The van der Waals surface area contributed by atoms with Gasteiger partial charge in [0.1, 0.15) is 29.0 Å². The molecule has 6 unspecified atom stereocenters. The highest BCUT2D eigenvalue weighted by Crippen LogP contribution is 2.52. The Labute approximate surface area is 252 Å². The maximum atomic E-state index is 13.8. The number of carbonyl (C=O) groups is 4. The largest absolute Gasteiger partial charge is 0.507 e. The maximum absolute atomic E-state index is 13.8. The van der Waals surface area contributed by atoms with Crippen molar-refractivity contribution < 1.29 is 53.8 Å². The molecule has 0 radical (unpaired) electrons. The number of nitrogens with one attached hydrogen (secondary N) is 1. The van der Waals surface area contributed by atoms with Crippen molar-refractivity contribution in [1.29, 1.82) is 0 Å². The van der Waals surface area contributed by atoms with E-state index in [0.717, 1.165) is 6.92 Å². The fraction of sp³-hybridized carbons (Fsp3) is 0.484. The first-order valence-electron chi connectivity index (χ1n) is 14.4. The van der Waals surface area contributed by atoms with Gasteiger partial charge in [-0.3, -0.25) is 19.2 Å². The third-order valence-corrected chi connectivity index (χ3v) is 8.71. The molecule has 1 amide bonds. The fourth-order valence-corrected chi connectivity index (χ4v) is 6.31. The number of carbonyl (C=O) groups excluding carboxylic acids is 4. The van der Waals surface area contributed by atoms with Crippen molar-refractivity contribution in [3.05, 3.63) is 51.6 Å². The molecule has 0 aromatic heterocycles. The maximum Gasteiger partial charge on any atom is 0.220 e. The molecule has 0 saturated carbocycles. The van der Waals surface area contributed by atoms with Gasteiger partial charge in [0.25, 0.3) is 0 Å². The average molecular weight is 613 g/mol. The van der Waals surface area contributed by atoms with Crippen molar-refractivity contribution in [3.63, 3.8) is 0 Å². The van der Waals surface area contributed by atoms with Crippen LogP contribution in [0.15, 0.2) is 18.2 Å². The highest BCUT2D eigenvalue weighted by molar-refractivity contribution is 6.31. The van der Waals surface area contributed by atoms with Crippen molar-refractivity contribution in [2.75, 3.05) is 13.7 Å². The number of aliphatic hydroxyl groups excluding tert-OH is 1. The highest BCUT2D eigenvalue weighted by atomic mass is 16.7. The molecule has 2 aromatic rings. The van der Waals surface area contributed by atoms with Crippen molar-refractivity contribution in [2.24, 2.45) is 5.73 Å². The first-order chi connectivity index (χ1) is 20.8. The van der Waals surface area contributed by atoms with E-state index >= 15 is 0 Å². The number of nitrogens with two attached hydrogens (primary N) is 1. The molecular formula is C31H36N2O11. The van der Waals surface area contributed by atoms with Gasteiger partial charge in [0.15, 0.2) is 17.9 Å². The highest BCUT2D eigenvalue weighted by Gasteiger charge is 2.49. The quantitative estimate of drug-likeness (QED) is 0.196. The molecular weight excluding hydrogens is 576 g/mol. The van der Waals surface area contributed by atoms with Crippen LogP contribution in [0, 0.1) is 0 Å². The normalized spacial score (nSPS) is 27.6. The van der Waals surface area contributed by atoms with Gasteiger partial charge >= 0.3 is 0 Å². The Hall–Kier alpha value is -3.88. The van der Waals surface area contributed by atoms with Crippen LogP contribution in [0.4, 0.5) is 0 Å². The lowest BCUT2D eigenvalue weighted by Gasteiger charge is -2.42. The van der Waals surface area contributed by atoms with Gasteiger partial charge < -0.3 is 45.7 Å². The number of amides is 1. The van der Waals surface area contributed by atoms with Crippen LogP contribution < -0.4 is 15.8 Å². The van der Waals surface area contributed by atoms with Gasteiger partial charge in [0.2, 0.25) is 11.7 Å². The molecule has 236 valence electrons. The Kier molecular flexibility index (Phi) is 8.53. The number of benzene rings is 2. The zero-order valence-corrected chi connectivity index (χ0v) is 24.6. The van der Waals surface area contributed by atoms with E-state index in [4.69, 9.17) is 19.9 Å². The molecule has 2 aromatic carbocycles. The minimum Gasteiger partial charge on any atom is -0.507 e. The van der Waals surface area contributed by atoms with E-state index in [2.05, 4.69) is 5.32 Å². The van der Waals surface area contributed by atoms with E-state index in [1.165, 1.54) is 25.3 Å². The number of phenolic OH excluding ortho intramolecular Hbond substituents is 2. The summed E-state index contributed by atoms with van der Waals surface area (Å²) >= 11 is 0. The van der Waals surface area contributed by atoms with Crippen LogP contribution in [-0.4, -0.2) is 87.5 Å². The van der Waals surface area contributed by atoms with Crippen molar-refractivity contribution in [2.45, 2.75) is 82.2 Å². The predicted molar refractivity (Wildman–Crippen MR) is 153 cm³/mol.